The summed E-state index contributed by atoms with van der Waals surface area (Å²) in [5.74, 6) is 0.240. The molecule has 0 radical (unpaired) electrons. The third-order valence-electron chi connectivity index (χ3n) is 2.25. The Balaban J connectivity index is 1.95. The Morgan fingerprint density at radius 1 is 1.43 bits per heavy atom. The van der Waals surface area contributed by atoms with E-state index >= 15 is 0 Å². The van der Waals surface area contributed by atoms with E-state index in [4.69, 9.17) is 0 Å². The molecule has 0 saturated carbocycles. The van der Waals surface area contributed by atoms with Gasteiger partial charge in [-0.2, -0.15) is 0 Å². The number of aromatic nitrogens is 4. The number of rotatable bonds is 4. The number of aromatic amines is 1. The highest BCUT2D eigenvalue weighted by Gasteiger charge is 2.09. The molecule has 110 valence electrons. The van der Waals surface area contributed by atoms with Crippen molar-refractivity contribution >= 4 is 55.3 Å². The molecule has 7 nitrogen and oxygen atoms in total. The Hall–Kier alpha value is -1.26. The number of amides is 1. The summed E-state index contributed by atoms with van der Waals surface area (Å²) in [4.78, 5) is 29.8. The number of nitrogens with zero attached hydrogens (tertiary/aromatic N) is 3. The van der Waals surface area contributed by atoms with Crippen LogP contribution in [0, 0.1) is 6.92 Å². The van der Waals surface area contributed by atoms with Gasteiger partial charge in [0.1, 0.15) is 11.5 Å². The van der Waals surface area contributed by atoms with E-state index in [9.17, 15) is 9.59 Å². The van der Waals surface area contributed by atoms with Crippen LogP contribution in [-0.2, 0) is 4.79 Å². The minimum atomic E-state index is -0.315. The van der Waals surface area contributed by atoms with Crippen LogP contribution in [0.5, 0.6) is 0 Å². The fourth-order valence-corrected chi connectivity index (χ4v) is 2.94. The number of halogens is 2. The summed E-state index contributed by atoms with van der Waals surface area (Å²) >= 11 is 7.67. The first-order valence-corrected chi connectivity index (χ1v) is 8.20. The summed E-state index contributed by atoms with van der Waals surface area (Å²) in [7, 11) is 0. The number of thioether (sulfide) groups is 1. The number of carbonyl (C=O) groups is 1. The van der Waals surface area contributed by atoms with E-state index in [0.29, 0.717) is 15.4 Å². The minimum absolute atomic E-state index is 0.0812. The molecule has 0 aromatic carbocycles. The molecule has 0 atom stereocenters. The van der Waals surface area contributed by atoms with E-state index in [1.807, 2.05) is 0 Å². The number of nitrogens with one attached hydrogen (secondary N) is 2. The Morgan fingerprint density at radius 2 is 2.19 bits per heavy atom. The second-order valence-electron chi connectivity index (χ2n) is 3.87. The van der Waals surface area contributed by atoms with Gasteiger partial charge in [0.25, 0.3) is 5.56 Å². The van der Waals surface area contributed by atoms with Gasteiger partial charge < -0.3 is 5.32 Å². The predicted octanol–water partition coefficient (Wildman–Crippen LogP) is 2.12. The summed E-state index contributed by atoms with van der Waals surface area (Å²) < 4.78 is 1.47. The van der Waals surface area contributed by atoms with E-state index in [2.05, 4.69) is 57.3 Å². The number of pyridine rings is 1. The van der Waals surface area contributed by atoms with Crippen molar-refractivity contribution in [1.82, 2.24) is 20.2 Å². The molecular weight excluding hydrogens is 426 g/mol. The molecule has 21 heavy (non-hydrogen) atoms. The lowest BCUT2D eigenvalue weighted by atomic mass is 10.4. The molecule has 0 saturated heterocycles. The molecule has 0 aliphatic rings. The number of hydrogen-bond donors (Lipinski definition) is 2. The van der Waals surface area contributed by atoms with Crippen LogP contribution in [0.2, 0.25) is 0 Å². The number of anilines is 1. The molecule has 2 N–H and O–H groups in total. The average Bonchev–Trinajstić information content (AvgIpc) is 2.43. The van der Waals surface area contributed by atoms with E-state index in [1.54, 1.807) is 19.2 Å². The highest BCUT2D eigenvalue weighted by atomic mass is 79.9. The zero-order valence-electron chi connectivity index (χ0n) is 10.7. The largest absolute Gasteiger partial charge is 0.309 e. The molecule has 0 bridgehead atoms. The molecule has 1 amide bonds. The van der Waals surface area contributed by atoms with Crippen molar-refractivity contribution in [1.29, 1.82) is 0 Å². The van der Waals surface area contributed by atoms with Crippen molar-refractivity contribution in [2.75, 3.05) is 11.1 Å². The highest BCUT2D eigenvalue weighted by molar-refractivity contribution is 9.11. The van der Waals surface area contributed by atoms with Crippen molar-refractivity contribution in [3.63, 3.8) is 0 Å². The van der Waals surface area contributed by atoms with Crippen LogP contribution in [0.3, 0.4) is 0 Å². The topological polar surface area (TPSA) is 101 Å². The van der Waals surface area contributed by atoms with Crippen LogP contribution in [0.25, 0.3) is 0 Å². The third kappa shape index (κ3) is 4.61. The van der Waals surface area contributed by atoms with Crippen molar-refractivity contribution < 1.29 is 4.79 Å². The number of hydrogen-bond acceptors (Lipinski definition) is 6. The van der Waals surface area contributed by atoms with E-state index in [-0.39, 0.29) is 22.9 Å². The summed E-state index contributed by atoms with van der Waals surface area (Å²) in [6.45, 7) is 1.56. The average molecular weight is 435 g/mol. The lowest BCUT2D eigenvalue weighted by molar-refractivity contribution is -0.113. The maximum Gasteiger partial charge on any atom is 0.273 e. The quantitative estimate of drug-likeness (QED) is 0.714. The summed E-state index contributed by atoms with van der Waals surface area (Å²) in [6, 6.07) is 1.78. The molecular formula is C11H9Br2N5O2S. The van der Waals surface area contributed by atoms with Gasteiger partial charge in [-0.25, -0.2) is 4.98 Å². The van der Waals surface area contributed by atoms with Crippen LogP contribution >= 0.6 is 43.6 Å². The van der Waals surface area contributed by atoms with Crippen molar-refractivity contribution in [3.05, 3.63) is 37.3 Å². The molecule has 2 aromatic heterocycles. The van der Waals surface area contributed by atoms with Crippen molar-refractivity contribution in [3.8, 4) is 0 Å². The van der Waals surface area contributed by atoms with Gasteiger partial charge in [0.15, 0.2) is 5.16 Å². The monoisotopic (exact) mass is 433 g/mol. The summed E-state index contributed by atoms with van der Waals surface area (Å²) in [5.41, 5.74) is -0.0305. The van der Waals surface area contributed by atoms with Crippen LogP contribution in [0.4, 0.5) is 5.82 Å². The fraction of sp³-hybridized carbons (Fsp3) is 0.182. The fourth-order valence-electron chi connectivity index (χ4n) is 1.25. The molecule has 0 fully saturated rings. The molecule has 2 heterocycles. The normalized spacial score (nSPS) is 10.4. The maximum absolute atomic E-state index is 11.8. The van der Waals surface area contributed by atoms with Gasteiger partial charge in [0.05, 0.1) is 10.2 Å². The van der Waals surface area contributed by atoms with Gasteiger partial charge >= 0.3 is 0 Å². The molecule has 0 aliphatic heterocycles. The van der Waals surface area contributed by atoms with Gasteiger partial charge in [-0.3, -0.25) is 14.6 Å². The number of H-pyrrole nitrogens is 1. The van der Waals surface area contributed by atoms with Gasteiger partial charge in [0, 0.05) is 10.7 Å². The molecule has 10 heteroatoms. The first kappa shape index (κ1) is 16.1. The number of carbonyl (C=O) groups excluding carboxylic acids is 1. The smallest absolute Gasteiger partial charge is 0.273 e. The van der Waals surface area contributed by atoms with Crippen LogP contribution in [0.1, 0.15) is 5.69 Å². The van der Waals surface area contributed by atoms with Gasteiger partial charge in [-0.05, 0) is 44.8 Å². The Morgan fingerprint density at radius 3 is 2.86 bits per heavy atom. The van der Waals surface area contributed by atoms with E-state index in [1.165, 1.54) is 0 Å². The van der Waals surface area contributed by atoms with Crippen LogP contribution < -0.4 is 10.9 Å². The third-order valence-corrected chi connectivity index (χ3v) is 4.15. The molecule has 0 aliphatic carbocycles. The Labute approximate surface area is 140 Å². The molecule has 2 aromatic rings. The van der Waals surface area contributed by atoms with Crippen molar-refractivity contribution in [2.45, 2.75) is 12.1 Å². The molecule has 2 rings (SSSR count). The van der Waals surface area contributed by atoms with Crippen LogP contribution in [0.15, 0.2) is 31.2 Å². The van der Waals surface area contributed by atoms with Crippen molar-refractivity contribution in [2.24, 2.45) is 0 Å². The molecule has 0 unspecified atom stereocenters. The van der Waals surface area contributed by atoms with Crippen LogP contribution in [-0.4, -0.2) is 31.8 Å². The zero-order chi connectivity index (χ0) is 15.4. The zero-order valence-corrected chi connectivity index (χ0v) is 14.7. The standard InChI is InChI=1S/C11H9Br2N5O2S/c1-5-10(20)16-11(18-17-5)21-4-8(19)15-9-7(13)2-6(12)3-14-9/h2-3H,4H2,1H3,(H,14,15,19)(H,16,18,20). The second-order valence-corrected chi connectivity index (χ2v) is 6.60. The van der Waals surface area contributed by atoms with Gasteiger partial charge in [-0.1, -0.05) is 11.8 Å². The Kier molecular flexibility index (Phi) is 5.48. The van der Waals surface area contributed by atoms with Gasteiger partial charge in [-0.15, -0.1) is 10.2 Å². The first-order chi connectivity index (χ1) is 9.95. The summed E-state index contributed by atoms with van der Waals surface area (Å²) in [5, 5.41) is 10.4. The Bertz CT molecular complexity index is 737. The maximum atomic E-state index is 11.8. The lowest BCUT2D eigenvalue weighted by Gasteiger charge is -2.06. The molecule has 0 spiro atoms. The second kappa shape index (κ2) is 7.14. The lowest BCUT2D eigenvalue weighted by Crippen LogP contribution is -2.18. The van der Waals surface area contributed by atoms with E-state index in [0.717, 1.165) is 16.2 Å². The highest BCUT2D eigenvalue weighted by Crippen LogP contribution is 2.23. The number of aryl methyl sites for hydroxylation is 1. The minimum Gasteiger partial charge on any atom is -0.309 e. The summed E-state index contributed by atoms with van der Waals surface area (Å²) in [6.07, 6.45) is 1.58. The SMILES string of the molecule is Cc1nnc(SCC(=O)Nc2ncc(Br)cc2Br)[nH]c1=O. The first-order valence-electron chi connectivity index (χ1n) is 5.63. The van der Waals surface area contributed by atoms with E-state index < -0.39 is 0 Å². The van der Waals surface area contributed by atoms with Gasteiger partial charge in [0.2, 0.25) is 5.91 Å². The predicted molar refractivity (Wildman–Crippen MR) is 86.4 cm³/mol.